The number of hydrogen-bond donors (Lipinski definition) is 1. The highest BCUT2D eigenvalue weighted by Crippen LogP contribution is 2.51. The summed E-state index contributed by atoms with van der Waals surface area (Å²) in [5, 5.41) is 20.3. The lowest BCUT2D eigenvalue weighted by atomic mass is 9.96. The van der Waals surface area contributed by atoms with E-state index in [-0.39, 0.29) is 12.0 Å². The van der Waals surface area contributed by atoms with Crippen molar-refractivity contribution in [1.29, 1.82) is 5.26 Å². The molecular formula is C40H42ClN5O4. The summed E-state index contributed by atoms with van der Waals surface area (Å²) in [4.78, 5) is 21.2. The molecule has 4 aliphatic rings. The zero-order valence-corrected chi connectivity index (χ0v) is 29.6. The van der Waals surface area contributed by atoms with Crippen LogP contribution >= 0.6 is 11.6 Å². The Bertz CT molecular complexity index is 2050. The summed E-state index contributed by atoms with van der Waals surface area (Å²) in [7, 11) is 4.24. The van der Waals surface area contributed by atoms with Crippen LogP contribution in [-0.2, 0) is 43.4 Å². The van der Waals surface area contributed by atoms with Gasteiger partial charge in [0.25, 0.3) is 0 Å². The van der Waals surface area contributed by atoms with Gasteiger partial charge in [-0.25, -0.2) is 4.98 Å². The Hall–Kier alpha value is -4.36. The van der Waals surface area contributed by atoms with Crippen molar-refractivity contribution in [2.45, 2.75) is 70.2 Å². The number of likely N-dealkylation sites (tertiary alicyclic amines) is 1. The van der Waals surface area contributed by atoms with Crippen LogP contribution in [0.3, 0.4) is 0 Å². The van der Waals surface area contributed by atoms with E-state index in [0.29, 0.717) is 41.7 Å². The van der Waals surface area contributed by atoms with Crippen molar-refractivity contribution < 1.29 is 19.4 Å². The molecule has 0 spiro atoms. The van der Waals surface area contributed by atoms with Gasteiger partial charge in [-0.1, -0.05) is 48.0 Å². The summed E-state index contributed by atoms with van der Waals surface area (Å²) in [6.07, 6.45) is 5.11. The maximum atomic E-state index is 11.5. The first-order valence-corrected chi connectivity index (χ1v) is 18.0. The van der Waals surface area contributed by atoms with Gasteiger partial charge in [0, 0.05) is 50.4 Å². The average Bonchev–Trinajstić information content (AvgIpc) is 3.40. The molecule has 2 aliphatic heterocycles. The van der Waals surface area contributed by atoms with Crippen molar-refractivity contribution in [1.82, 2.24) is 19.4 Å². The molecule has 0 bridgehead atoms. The van der Waals surface area contributed by atoms with Crippen molar-refractivity contribution in [2.75, 3.05) is 26.7 Å². The normalized spacial score (nSPS) is 21.0. The molecule has 3 aromatic carbocycles. The highest BCUT2D eigenvalue weighted by atomic mass is 35.5. The minimum Gasteiger partial charge on any atom is -0.488 e. The van der Waals surface area contributed by atoms with Crippen LogP contribution in [0.2, 0.25) is 5.02 Å². The van der Waals surface area contributed by atoms with Crippen molar-refractivity contribution in [3.63, 3.8) is 0 Å². The Labute approximate surface area is 298 Å². The summed E-state index contributed by atoms with van der Waals surface area (Å²) in [6.45, 7) is 5.59. The van der Waals surface area contributed by atoms with E-state index in [1.54, 1.807) is 0 Å². The molecule has 50 heavy (non-hydrogen) atoms. The van der Waals surface area contributed by atoms with Gasteiger partial charge in [0.2, 0.25) is 0 Å². The Morgan fingerprint density at radius 2 is 1.86 bits per heavy atom. The molecule has 2 fully saturated rings. The number of carbonyl (C=O) groups is 1. The Balaban J connectivity index is 1.01. The lowest BCUT2D eigenvalue weighted by Gasteiger charge is -2.25. The molecule has 1 N–H and O–H groups in total. The second kappa shape index (κ2) is 12.8. The van der Waals surface area contributed by atoms with E-state index in [1.807, 2.05) is 36.4 Å². The molecule has 2 aliphatic carbocycles. The summed E-state index contributed by atoms with van der Waals surface area (Å²) >= 11 is 7.14. The molecule has 2 atom stereocenters. The monoisotopic (exact) mass is 691 g/mol. The summed E-state index contributed by atoms with van der Waals surface area (Å²) in [6, 6.07) is 18.6. The second-order valence-corrected chi connectivity index (χ2v) is 14.8. The number of benzene rings is 3. The van der Waals surface area contributed by atoms with E-state index in [9.17, 15) is 15.2 Å². The van der Waals surface area contributed by atoms with Gasteiger partial charge in [0.1, 0.15) is 24.2 Å². The predicted molar refractivity (Wildman–Crippen MR) is 190 cm³/mol. The number of nitriles is 1. The zero-order valence-electron chi connectivity index (χ0n) is 28.8. The quantitative estimate of drug-likeness (QED) is 0.201. The molecule has 0 unspecified atom stereocenters. The van der Waals surface area contributed by atoms with E-state index in [4.69, 9.17) is 26.1 Å². The third kappa shape index (κ3) is 5.64. The molecule has 1 saturated heterocycles. The van der Waals surface area contributed by atoms with Gasteiger partial charge in [0.15, 0.2) is 11.4 Å². The first-order valence-electron chi connectivity index (χ1n) is 17.6. The molecule has 3 heterocycles. The molecule has 0 amide bonds. The largest absolute Gasteiger partial charge is 0.488 e. The van der Waals surface area contributed by atoms with E-state index in [0.717, 1.165) is 96.6 Å². The van der Waals surface area contributed by atoms with E-state index in [2.05, 4.69) is 53.6 Å². The number of nitrogens with zero attached hydrogens (tertiary/aromatic N) is 5. The lowest BCUT2D eigenvalue weighted by molar-refractivity contribution is -0.141. The Kier molecular flexibility index (Phi) is 8.37. The number of fused-ring (bicyclic) bond motifs is 2. The van der Waals surface area contributed by atoms with Crippen LogP contribution in [0.15, 0.2) is 48.5 Å². The van der Waals surface area contributed by atoms with Crippen LogP contribution in [-0.4, -0.2) is 57.1 Å². The Morgan fingerprint density at radius 1 is 1.06 bits per heavy atom. The van der Waals surface area contributed by atoms with Gasteiger partial charge >= 0.3 is 5.97 Å². The van der Waals surface area contributed by atoms with Crippen molar-refractivity contribution >= 4 is 17.6 Å². The van der Waals surface area contributed by atoms with Crippen molar-refractivity contribution in [3.8, 4) is 28.7 Å². The van der Waals surface area contributed by atoms with E-state index >= 15 is 0 Å². The number of aliphatic carboxylic acids is 1. The number of imidazole rings is 1. The summed E-state index contributed by atoms with van der Waals surface area (Å²) in [5.41, 5.74) is 8.65. The average molecular weight is 692 g/mol. The molecule has 10 heteroatoms. The van der Waals surface area contributed by atoms with Crippen molar-refractivity contribution in [3.05, 3.63) is 98.6 Å². The third-order valence-electron chi connectivity index (χ3n) is 11.4. The first kappa shape index (κ1) is 32.8. The van der Waals surface area contributed by atoms with Crippen LogP contribution in [0.5, 0.6) is 11.5 Å². The van der Waals surface area contributed by atoms with Gasteiger partial charge < -0.3 is 24.0 Å². The summed E-state index contributed by atoms with van der Waals surface area (Å²) in [5.74, 6) is 1.16. The minimum atomic E-state index is -0.728. The number of ether oxygens (including phenoxy) is 2. The maximum Gasteiger partial charge on any atom is 0.307 e. The number of aromatic nitrogens is 2. The van der Waals surface area contributed by atoms with Gasteiger partial charge in [-0.05, 0) is 92.6 Å². The lowest BCUT2D eigenvalue weighted by Crippen LogP contribution is -2.27. The Morgan fingerprint density at radius 3 is 2.62 bits per heavy atom. The molecule has 4 aromatic rings. The molecular weight excluding hydrogens is 650 g/mol. The van der Waals surface area contributed by atoms with Gasteiger partial charge in [-0.3, -0.25) is 9.69 Å². The molecule has 0 radical (unpaired) electrons. The van der Waals surface area contributed by atoms with Crippen LogP contribution in [0.25, 0.3) is 11.1 Å². The van der Waals surface area contributed by atoms with Gasteiger partial charge in [0.05, 0.1) is 22.2 Å². The number of likely N-dealkylation sites (N-methyl/N-ethyl adjacent to an activating group) is 1. The molecule has 8 rings (SSSR count). The summed E-state index contributed by atoms with van der Waals surface area (Å²) < 4.78 is 15.4. The van der Waals surface area contributed by atoms with Crippen molar-refractivity contribution in [2.24, 2.45) is 13.0 Å². The maximum absolute atomic E-state index is 11.5. The van der Waals surface area contributed by atoms with Crippen LogP contribution in [0, 0.1) is 24.2 Å². The second-order valence-electron chi connectivity index (χ2n) is 14.5. The van der Waals surface area contributed by atoms with E-state index < -0.39 is 11.6 Å². The number of carboxylic acid groups (broad SMARTS) is 1. The highest BCUT2D eigenvalue weighted by molar-refractivity contribution is 6.34. The van der Waals surface area contributed by atoms with E-state index in [1.165, 1.54) is 5.69 Å². The van der Waals surface area contributed by atoms with Crippen LogP contribution < -0.4 is 9.47 Å². The number of carboxylic acids is 1. The molecule has 1 aromatic heterocycles. The fraction of sp³-hybridized carbons (Fsp3) is 0.425. The topological polar surface area (TPSA) is 104 Å². The SMILES string of the molecule is Cc1c(COc2ccc3c(c2C#N)CC[C@H]3N2CC[C@@H](C(=O)O)C2)cccc1-c1cccc(OC2(c3nc4c(n3C)CCN(C)C4)CC2)c1Cl. The number of rotatable bonds is 9. The number of halogens is 1. The number of hydrogen-bond acceptors (Lipinski definition) is 7. The fourth-order valence-corrected chi connectivity index (χ4v) is 8.67. The highest BCUT2D eigenvalue weighted by Gasteiger charge is 2.52. The predicted octanol–water partition coefficient (Wildman–Crippen LogP) is 6.95. The standard InChI is InChI=1S/C40H42ClN5O4/c1-24-26(23-49-35-13-11-29-28(31(35)20-42)10-12-33(29)46-19-14-25(21-46)38(47)48)6-4-7-27(24)30-8-5-9-36(37(30)41)50-40(16-17-40)39-43-32-22-44(2)18-15-34(32)45(39)3/h4-9,11,13,25,33H,10,12,14-19,21-23H2,1-3H3,(H,47,48)/t25-,33-/m1/s1. The van der Waals surface area contributed by atoms with Crippen LogP contribution in [0.1, 0.15) is 76.8 Å². The zero-order chi connectivity index (χ0) is 34.7. The van der Waals surface area contributed by atoms with Gasteiger partial charge in [-0.15, -0.1) is 0 Å². The minimum absolute atomic E-state index is 0.143. The molecule has 9 nitrogen and oxygen atoms in total. The fourth-order valence-electron chi connectivity index (χ4n) is 8.40. The molecule has 1 saturated carbocycles. The van der Waals surface area contributed by atoms with Crippen LogP contribution in [0.4, 0.5) is 0 Å². The third-order valence-corrected chi connectivity index (χ3v) is 11.8. The molecule has 258 valence electrons. The van der Waals surface area contributed by atoms with Gasteiger partial charge in [-0.2, -0.15) is 5.26 Å². The smallest absolute Gasteiger partial charge is 0.307 e. The first-order chi connectivity index (χ1) is 24.2.